The summed E-state index contributed by atoms with van der Waals surface area (Å²) in [4.78, 5) is 11.8. The van der Waals surface area contributed by atoms with Gasteiger partial charge in [-0.25, -0.2) is 0 Å². The molecule has 0 atom stereocenters. The van der Waals surface area contributed by atoms with Gasteiger partial charge < -0.3 is 11.1 Å². The third kappa shape index (κ3) is 4.66. The van der Waals surface area contributed by atoms with Crippen molar-refractivity contribution in [3.05, 3.63) is 28.7 Å². The highest BCUT2D eigenvalue weighted by atomic mass is 35.5. The van der Waals surface area contributed by atoms with Crippen molar-refractivity contribution in [1.82, 2.24) is 10.2 Å². The van der Waals surface area contributed by atoms with Crippen LogP contribution < -0.4 is 11.1 Å². The van der Waals surface area contributed by atoms with Gasteiger partial charge in [0.25, 0.3) is 0 Å². The Morgan fingerprint density at radius 3 is 3.10 bits per heavy atom. The topological polar surface area (TPSA) is 80.9 Å². The molecule has 0 fully saturated rings. The standard InChI is InChI=1S/C12H13ClN4OS2/c13-8-3-4-9(14)10(6-8)16-11(18)2-1-5-19-12-17-15-7-20-12/h3-4,6-7H,1-2,5,14H2,(H,16,18). The number of aromatic nitrogens is 2. The Balaban J connectivity index is 1.73. The second-order valence-electron chi connectivity index (χ2n) is 3.94. The van der Waals surface area contributed by atoms with E-state index in [0.717, 1.165) is 16.5 Å². The van der Waals surface area contributed by atoms with Crippen LogP contribution in [-0.2, 0) is 4.79 Å². The molecule has 1 amide bonds. The minimum atomic E-state index is -0.0724. The number of carbonyl (C=O) groups excluding carboxylic acids is 1. The molecule has 0 saturated heterocycles. The lowest BCUT2D eigenvalue weighted by Gasteiger charge is -2.08. The van der Waals surface area contributed by atoms with Gasteiger partial charge in [0.1, 0.15) is 5.51 Å². The maximum absolute atomic E-state index is 11.8. The van der Waals surface area contributed by atoms with Gasteiger partial charge in [-0.1, -0.05) is 34.7 Å². The smallest absolute Gasteiger partial charge is 0.224 e. The number of halogens is 1. The average molecular weight is 329 g/mol. The Bertz CT molecular complexity index is 577. The molecular formula is C12H13ClN4OS2. The van der Waals surface area contributed by atoms with Crippen LogP contribution in [0.3, 0.4) is 0 Å². The van der Waals surface area contributed by atoms with Crippen LogP contribution in [0, 0.1) is 0 Å². The molecule has 1 aromatic heterocycles. The molecule has 20 heavy (non-hydrogen) atoms. The van der Waals surface area contributed by atoms with E-state index in [2.05, 4.69) is 15.5 Å². The van der Waals surface area contributed by atoms with Crippen molar-refractivity contribution in [2.45, 2.75) is 17.2 Å². The van der Waals surface area contributed by atoms with Crippen LogP contribution in [0.2, 0.25) is 5.02 Å². The van der Waals surface area contributed by atoms with Gasteiger partial charge in [-0.15, -0.1) is 10.2 Å². The van der Waals surface area contributed by atoms with E-state index in [-0.39, 0.29) is 5.91 Å². The summed E-state index contributed by atoms with van der Waals surface area (Å²) in [5.74, 6) is 0.755. The summed E-state index contributed by atoms with van der Waals surface area (Å²) in [6.45, 7) is 0. The van der Waals surface area contributed by atoms with Gasteiger partial charge in [-0.2, -0.15) is 0 Å². The quantitative estimate of drug-likeness (QED) is 0.483. The Hall–Kier alpha value is -1.31. The maximum atomic E-state index is 11.8. The number of nitrogen functional groups attached to an aromatic ring is 1. The van der Waals surface area contributed by atoms with E-state index in [0.29, 0.717) is 22.8 Å². The summed E-state index contributed by atoms with van der Waals surface area (Å²) in [6, 6.07) is 5.00. The van der Waals surface area contributed by atoms with Gasteiger partial charge >= 0.3 is 0 Å². The van der Waals surface area contributed by atoms with E-state index in [9.17, 15) is 4.79 Å². The number of amides is 1. The Morgan fingerprint density at radius 1 is 1.50 bits per heavy atom. The minimum absolute atomic E-state index is 0.0724. The first-order valence-electron chi connectivity index (χ1n) is 5.89. The maximum Gasteiger partial charge on any atom is 0.224 e. The van der Waals surface area contributed by atoms with E-state index in [4.69, 9.17) is 17.3 Å². The number of hydrogen-bond donors (Lipinski definition) is 2. The molecule has 1 aromatic carbocycles. The summed E-state index contributed by atoms with van der Waals surface area (Å²) in [5, 5.41) is 11.0. The highest BCUT2D eigenvalue weighted by Crippen LogP contribution is 2.23. The Morgan fingerprint density at radius 2 is 2.35 bits per heavy atom. The van der Waals surface area contributed by atoms with Crippen LogP contribution in [0.1, 0.15) is 12.8 Å². The zero-order valence-electron chi connectivity index (χ0n) is 10.5. The lowest BCUT2D eigenvalue weighted by Crippen LogP contribution is -2.12. The SMILES string of the molecule is Nc1ccc(Cl)cc1NC(=O)CCCSc1nncs1. The third-order valence-corrected chi connectivity index (χ3v) is 4.58. The van der Waals surface area contributed by atoms with Crippen molar-refractivity contribution in [3.8, 4) is 0 Å². The van der Waals surface area contributed by atoms with Crippen LogP contribution in [0.4, 0.5) is 11.4 Å². The summed E-state index contributed by atoms with van der Waals surface area (Å²) in [5.41, 5.74) is 8.52. The first kappa shape index (κ1) is 15.1. The fraction of sp³-hybridized carbons (Fsp3) is 0.250. The van der Waals surface area contributed by atoms with Gasteiger partial charge in [-0.05, 0) is 24.6 Å². The van der Waals surface area contributed by atoms with Crippen molar-refractivity contribution in [1.29, 1.82) is 0 Å². The van der Waals surface area contributed by atoms with Gasteiger partial charge in [-0.3, -0.25) is 4.79 Å². The fourth-order valence-corrected chi connectivity index (χ4v) is 3.14. The predicted octanol–water partition coefficient (Wildman–Crippen LogP) is 3.28. The Labute approximate surface area is 129 Å². The normalized spacial score (nSPS) is 10.4. The number of thioether (sulfide) groups is 1. The number of hydrogen-bond acceptors (Lipinski definition) is 6. The molecule has 8 heteroatoms. The largest absolute Gasteiger partial charge is 0.397 e. The number of nitrogens with two attached hydrogens (primary N) is 1. The lowest BCUT2D eigenvalue weighted by molar-refractivity contribution is -0.116. The molecule has 0 aliphatic heterocycles. The van der Waals surface area contributed by atoms with Crippen molar-refractivity contribution in [3.63, 3.8) is 0 Å². The number of anilines is 2. The molecule has 2 rings (SSSR count). The van der Waals surface area contributed by atoms with Crippen LogP contribution in [0.15, 0.2) is 28.0 Å². The van der Waals surface area contributed by atoms with E-state index in [1.807, 2.05) is 0 Å². The number of carbonyl (C=O) groups is 1. The van der Waals surface area contributed by atoms with Gasteiger partial charge in [0, 0.05) is 17.2 Å². The highest BCUT2D eigenvalue weighted by Gasteiger charge is 2.06. The van der Waals surface area contributed by atoms with Crippen LogP contribution in [-0.4, -0.2) is 21.9 Å². The second-order valence-corrected chi connectivity index (χ2v) is 6.55. The van der Waals surface area contributed by atoms with Crippen molar-refractivity contribution in [2.24, 2.45) is 0 Å². The first-order valence-corrected chi connectivity index (χ1v) is 8.13. The van der Waals surface area contributed by atoms with Gasteiger partial charge in [0.05, 0.1) is 11.4 Å². The number of benzene rings is 1. The molecule has 0 aliphatic carbocycles. The first-order chi connectivity index (χ1) is 9.65. The second kappa shape index (κ2) is 7.47. The van der Waals surface area contributed by atoms with E-state index >= 15 is 0 Å². The zero-order valence-corrected chi connectivity index (χ0v) is 12.9. The summed E-state index contributed by atoms with van der Waals surface area (Å²) in [7, 11) is 0. The zero-order chi connectivity index (χ0) is 14.4. The van der Waals surface area contributed by atoms with Gasteiger partial charge in [0.15, 0.2) is 4.34 Å². The summed E-state index contributed by atoms with van der Waals surface area (Å²) >= 11 is 8.96. The molecule has 3 N–H and O–H groups in total. The lowest BCUT2D eigenvalue weighted by atomic mass is 10.2. The van der Waals surface area contributed by atoms with E-state index in [1.54, 1.807) is 35.5 Å². The number of nitrogens with zero attached hydrogens (tertiary/aromatic N) is 2. The van der Waals surface area contributed by atoms with Crippen molar-refractivity contribution in [2.75, 3.05) is 16.8 Å². The van der Waals surface area contributed by atoms with Crippen LogP contribution >= 0.6 is 34.7 Å². The predicted molar refractivity (Wildman–Crippen MR) is 84.4 cm³/mol. The summed E-state index contributed by atoms with van der Waals surface area (Å²) in [6.07, 6.45) is 1.19. The Kier molecular flexibility index (Phi) is 5.63. The van der Waals surface area contributed by atoms with Gasteiger partial charge in [0.2, 0.25) is 5.91 Å². The minimum Gasteiger partial charge on any atom is -0.397 e. The molecule has 106 valence electrons. The summed E-state index contributed by atoms with van der Waals surface area (Å²) < 4.78 is 0.921. The third-order valence-electron chi connectivity index (χ3n) is 2.40. The molecule has 0 bridgehead atoms. The van der Waals surface area contributed by atoms with Crippen molar-refractivity contribution >= 4 is 52.0 Å². The molecule has 0 radical (unpaired) electrons. The van der Waals surface area contributed by atoms with E-state index in [1.165, 1.54) is 11.3 Å². The molecule has 2 aromatic rings. The van der Waals surface area contributed by atoms with Crippen LogP contribution in [0.25, 0.3) is 0 Å². The molecule has 0 spiro atoms. The monoisotopic (exact) mass is 328 g/mol. The van der Waals surface area contributed by atoms with Crippen LogP contribution in [0.5, 0.6) is 0 Å². The molecule has 0 aliphatic rings. The average Bonchev–Trinajstić information content (AvgIpc) is 2.92. The fourth-order valence-electron chi connectivity index (χ4n) is 1.47. The number of rotatable bonds is 6. The van der Waals surface area contributed by atoms with E-state index < -0.39 is 0 Å². The molecule has 5 nitrogen and oxygen atoms in total. The molecule has 1 heterocycles. The molecule has 0 saturated carbocycles. The highest BCUT2D eigenvalue weighted by molar-refractivity contribution is 8.00. The molecule has 0 unspecified atom stereocenters. The number of nitrogens with one attached hydrogen (secondary N) is 1. The van der Waals surface area contributed by atoms with Crippen molar-refractivity contribution < 1.29 is 4.79 Å². The molecular weight excluding hydrogens is 316 g/mol.